The zero-order chi connectivity index (χ0) is 12.4. The molecule has 3 heteroatoms. The van der Waals surface area contributed by atoms with E-state index in [-0.39, 0.29) is 5.63 Å². The molecule has 0 spiro atoms. The SMILES string of the molecule is CCN(CC)c1c(C)c2ccccc2oc1=O. The summed E-state index contributed by atoms with van der Waals surface area (Å²) in [4.78, 5) is 14.0. The molecule has 0 aliphatic heterocycles. The summed E-state index contributed by atoms with van der Waals surface area (Å²) in [5, 5.41) is 1.01. The fourth-order valence-corrected chi connectivity index (χ4v) is 2.20. The van der Waals surface area contributed by atoms with Crippen LogP contribution >= 0.6 is 0 Å². The number of fused-ring (bicyclic) bond motifs is 1. The molecule has 1 aromatic heterocycles. The van der Waals surface area contributed by atoms with Crippen LogP contribution in [0.2, 0.25) is 0 Å². The Morgan fingerprint density at radius 3 is 2.47 bits per heavy atom. The Labute approximate surface area is 101 Å². The summed E-state index contributed by atoms with van der Waals surface area (Å²) < 4.78 is 5.36. The molecule has 2 aromatic rings. The van der Waals surface area contributed by atoms with Crippen molar-refractivity contribution >= 4 is 16.7 Å². The van der Waals surface area contributed by atoms with E-state index in [4.69, 9.17) is 4.42 Å². The Kier molecular flexibility index (Phi) is 3.18. The van der Waals surface area contributed by atoms with Crippen LogP contribution < -0.4 is 10.5 Å². The van der Waals surface area contributed by atoms with Crippen molar-refractivity contribution in [2.75, 3.05) is 18.0 Å². The molecule has 0 radical (unpaired) electrons. The molecule has 0 aliphatic carbocycles. The van der Waals surface area contributed by atoms with E-state index < -0.39 is 0 Å². The highest BCUT2D eigenvalue weighted by Gasteiger charge is 2.14. The molecule has 0 aliphatic rings. The van der Waals surface area contributed by atoms with Gasteiger partial charge >= 0.3 is 5.63 Å². The lowest BCUT2D eigenvalue weighted by Gasteiger charge is -2.21. The summed E-state index contributed by atoms with van der Waals surface area (Å²) >= 11 is 0. The van der Waals surface area contributed by atoms with Crippen molar-refractivity contribution in [1.82, 2.24) is 0 Å². The predicted octanol–water partition coefficient (Wildman–Crippen LogP) is 2.95. The molecule has 0 fully saturated rings. The van der Waals surface area contributed by atoms with E-state index in [1.165, 1.54) is 0 Å². The summed E-state index contributed by atoms with van der Waals surface area (Å²) in [5.41, 5.74) is 2.10. The van der Waals surface area contributed by atoms with Crippen molar-refractivity contribution < 1.29 is 4.42 Å². The lowest BCUT2D eigenvalue weighted by Crippen LogP contribution is -2.28. The summed E-state index contributed by atoms with van der Waals surface area (Å²) in [6, 6.07) is 7.65. The van der Waals surface area contributed by atoms with Gasteiger partial charge < -0.3 is 9.32 Å². The summed E-state index contributed by atoms with van der Waals surface area (Å²) in [6.45, 7) is 7.67. The third kappa shape index (κ3) is 1.93. The first-order valence-corrected chi connectivity index (χ1v) is 5.96. The lowest BCUT2D eigenvalue weighted by atomic mass is 10.1. The van der Waals surface area contributed by atoms with Gasteiger partial charge in [0.1, 0.15) is 11.3 Å². The van der Waals surface area contributed by atoms with Crippen LogP contribution in [0.25, 0.3) is 11.0 Å². The van der Waals surface area contributed by atoms with Crippen LogP contribution in [0.3, 0.4) is 0 Å². The molecule has 0 atom stereocenters. The normalized spacial score (nSPS) is 10.8. The van der Waals surface area contributed by atoms with Gasteiger partial charge in [0.2, 0.25) is 0 Å². The molecule has 0 bridgehead atoms. The van der Waals surface area contributed by atoms with E-state index in [9.17, 15) is 4.79 Å². The van der Waals surface area contributed by atoms with E-state index in [1.54, 1.807) is 0 Å². The van der Waals surface area contributed by atoms with Crippen molar-refractivity contribution in [3.05, 3.63) is 40.2 Å². The Morgan fingerprint density at radius 2 is 1.82 bits per heavy atom. The van der Waals surface area contributed by atoms with Gasteiger partial charge in [-0.05, 0) is 32.4 Å². The summed E-state index contributed by atoms with van der Waals surface area (Å²) in [5.74, 6) is 0. The monoisotopic (exact) mass is 231 g/mol. The van der Waals surface area contributed by atoms with Crippen LogP contribution in [0.15, 0.2) is 33.5 Å². The molecular formula is C14H17NO2. The fourth-order valence-electron chi connectivity index (χ4n) is 2.20. The third-order valence-corrected chi connectivity index (χ3v) is 3.12. The number of rotatable bonds is 3. The number of aryl methyl sites for hydroxylation is 1. The van der Waals surface area contributed by atoms with Crippen molar-refractivity contribution in [3.63, 3.8) is 0 Å². The van der Waals surface area contributed by atoms with Gasteiger partial charge in [0.05, 0.1) is 0 Å². The van der Waals surface area contributed by atoms with E-state index in [2.05, 4.69) is 0 Å². The molecule has 1 heterocycles. The van der Waals surface area contributed by atoms with Crippen molar-refractivity contribution in [1.29, 1.82) is 0 Å². The summed E-state index contributed by atoms with van der Waals surface area (Å²) in [7, 11) is 0. The van der Waals surface area contributed by atoms with Crippen molar-refractivity contribution in [2.24, 2.45) is 0 Å². The standard InChI is InChI=1S/C14H17NO2/c1-4-15(5-2)13-10(3)11-8-6-7-9-12(11)17-14(13)16/h6-9H,4-5H2,1-3H3. The van der Waals surface area contributed by atoms with Gasteiger partial charge in [0, 0.05) is 18.5 Å². The number of anilines is 1. The number of benzene rings is 1. The van der Waals surface area contributed by atoms with E-state index in [1.807, 2.05) is 49.9 Å². The Hall–Kier alpha value is -1.77. The van der Waals surface area contributed by atoms with E-state index >= 15 is 0 Å². The fraction of sp³-hybridized carbons (Fsp3) is 0.357. The third-order valence-electron chi connectivity index (χ3n) is 3.12. The minimum absolute atomic E-state index is 0.245. The van der Waals surface area contributed by atoms with Crippen LogP contribution in [0.5, 0.6) is 0 Å². The topological polar surface area (TPSA) is 33.5 Å². The average molecular weight is 231 g/mol. The Bertz CT molecular complexity index is 582. The highest BCUT2D eigenvalue weighted by atomic mass is 16.4. The van der Waals surface area contributed by atoms with E-state index in [0.717, 1.165) is 24.0 Å². The van der Waals surface area contributed by atoms with Crippen molar-refractivity contribution in [2.45, 2.75) is 20.8 Å². The number of hydrogen-bond donors (Lipinski definition) is 0. The maximum absolute atomic E-state index is 12.0. The van der Waals surface area contributed by atoms with Gasteiger partial charge in [0.25, 0.3) is 0 Å². The maximum Gasteiger partial charge on any atom is 0.360 e. The highest BCUT2D eigenvalue weighted by molar-refractivity contribution is 5.84. The largest absolute Gasteiger partial charge is 0.421 e. The zero-order valence-electron chi connectivity index (χ0n) is 10.5. The number of hydrogen-bond acceptors (Lipinski definition) is 3. The van der Waals surface area contributed by atoms with Crippen LogP contribution in [0, 0.1) is 6.92 Å². The lowest BCUT2D eigenvalue weighted by molar-refractivity contribution is 0.556. The highest BCUT2D eigenvalue weighted by Crippen LogP contribution is 2.24. The molecule has 0 N–H and O–H groups in total. The van der Waals surface area contributed by atoms with Gasteiger partial charge in [-0.1, -0.05) is 18.2 Å². The molecule has 1 aromatic carbocycles. The first kappa shape index (κ1) is 11.7. The van der Waals surface area contributed by atoms with Gasteiger partial charge in [-0.3, -0.25) is 0 Å². The quantitative estimate of drug-likeness (QED) is 0.761. The molecular weight excluding hydrogens is 214 g/mol. The van der Waals surface area contributed by atoms with Crippen LogP contribution in [-0.2, 0) is 0 Å². The smallest absolute Gasteiger partial charge is 0.360 e. The maximum atomic E-state index is 12.0. The first-order chi connectivity index (χ1) is 8.19. The predicted molar refractivity (Wildman–Crippen MR) is 70.8 cm³/mol. The molecule has 17 heavy (non-hydrogen) atoms. The van der Waals surface area contributed by atoms with Crippen LogP contribution in [0.4, 0.5) is 5.69 Å². The van der Waals surface area contributed by atoms with Gasteiger partial charge in [-0.25, -0.2) is 4.79 Å². The molecule has 0 saturated carbocycles. The molecule has 3 nitrogen and oxygen atoms in total. The number of nitrogens with zero attached hydrogens (tertiary/aromatic N) is 1. The first-order valence-electron chi connectivity index (χ1n) is 5.96. The molecule has 0 unspecified atom stereocenters. The molecule has 2 rings (SSSR count). The zero-order valence-corrected chi connectivity index (χ0v) is 10.5. The Morgan fingerprint density at radius 1 is 1.18 bits per heavy atom. The van der Waals surface area contributed by atoms with Crippen LogP contribution in [-0.4, -0.2) is 13.1 Å². The van der Waals surface area contributed by atoms with Gasteiger partial charge in [-0.15, -0.1) is 0 Å². The van der Waals surface area contributed by atoms with Crippen LogP contribution in [0.1, 0.15) is 19.4 Å². The average Bonchev–Trinajstić information content (AvgIpc) is 2.34. The van der Waals surface area contributed by atoms with Crippen molar-refractivity contribution in [3.8, 4) is 0 Å². The minimum atomic E-state index is -0.245. The second-order valence-corrected chi connectivity index (χ2v) is 4.03. The number of para-hydroxylation sites is 1. The molecule has 0 saturated heterocycles. The van der Waals surface area contributed by atoms with Gasteiger partial charge in [0.15, 0.2) is 0 Å². The second-order valence-electron chi connectivity index (χ2n) is 4.03. The minimum Gasteiger partial charge on any atom is -0.421 e. The second kappa shape index (κ2) is 4.62. The molecule has 0 amide bonds. The summed E-state index contributed by atoms with van der Waals surface area (Å²) in [6.07, 6.45) is 0. The van der Waals surface area contributed by atoms with Gasteiger partial charge in [-0.2, -0.15) is 0 Å². The van der Waals surface area contributed by atoms with E-state index in [0.29, 0.717) is 11.3 Å². The Balaban J connectivity index is 2.76. The molecule has 90 valence electrons.